The molecular weight excluding hydrogens is 393 g/mol. The molecule has 0 heterocycles. The van der Waals surface area contributed by atoms with Gasteiger partial charge in [0.2, 0.25) is 0 Å². The summed E-state index contributed by atoms with van der Waals surface area (Å²) in [7, 11) is 1.59. The Hall–Kier alpha value is -2.49. The third-order valence-electron chi connectivity index (χ3n) is 4.45. The fraction of sp³-hybridized carbons (Fsp3) is 0.174. The highest BCUT2D eigenvalue weighted by atomic mass is 35.5. The van der Waals surface area contributed by atoms with Crippen molar-refractivity contribution in [1.82, 2.24) is 0 Å². The van der Waals surface area contributed by atoms with Gasteiger partial charge in [-0.25, -0.2) is 0 Å². The molecule has 0 bridgehead atoms. The number of hydrogen-bond donors (Lipinski definition) is 0. The first-order valence-electron chi connectivity index (χ1n) is 8.83. The molecular formula is C23H21Cl2NO2. The van der Waals surface area contributed by atoms with Gasteiger partial charge in [-0.15, -0.1) is 0 Å². The molecule has 0 saturated carbocycles. The molecule has 0 atom stereocenters. The number of hydrogen-bond acceptors (Lipinski definition) is 3. The van der Waals surface area contributed by atoms with Gasteiger partial charge in [-0.05, 0) is 66.4 Å². The van der Waals surface area contributed by atoms with Crippen LogP contribution in [0, 0.1) is 13.8 Å². The molecule has 0 unspecified atom stereocenters. The smallest absolute Gasteiger partial charge is 0.180 e. The van der Waals surface area contributed by atoms with Gasteiger partial charge in [0, 0.05) is 11.2 Å². The number of benzene rings is 3. The molecule has 0 saturated heterocycles. The molecule has 3 aromatic carbocycles. The zero-order valence-electron chi connectivity index (χ0n) is 16.0. The number of rotatable bonds is 6. The van der Waals surface area contributed by atoms with Crippen LogP contribution in [0.1, 0.15) is 22.3 Å². The van der Waals surface area contributed by atoms with Crippen molar-refractivity contribution in [3.63, 3.8) is 0 Å². The van der Waals surface area contributed by atoms with Gasteiger partial charge < -0.3 is 9.47 Å². The van der Waals surface area contributed by atoms with Crippen molar-refractivity contribution in [3.8, 4) is 11.5 Å². The standard InChI is InChI=1S/C23H21Cl2NO2/c1-15-6-4-9-21(16(15)2)26-13-18-11-20(25)23(22(12-18)27-3)28-14-17-7-5-8-19(24)10-17/h4-13H,14H2,1-3H3. The van der Waals surface area contributed by atoms with E-state index in [1.807, 2.05) is 48.5 Å². The van der Waals surface area contributed by atoms with E-state index in [2.05, 4.69) is 24.9 Å². The topological polar surface area (TPSA) is 30.8 Å². The molecule has 3 rings (SSSR count). The lowest BCUT2D eigenvalue weighted by molar-refractivity contribution is 0.284. The summed E-state index contributed by atoms with van der Waals surface area (Å²) in [6, 6.07) is 17.2. The van der Waals surface area contributed by atoms with Crippen molar-refractivity contribution in [2.75, 3.05) is 7.11 Å². The lowest BCUT2D eigenvalue weighted by atomic mass is 10.1. The van der Waals surface area contributed by atoms with Crippen LogP contribution >= 0.6 is 23.2 Å². The maximum atomic E-state index is 6.46. The van der Waals surface area contributed by atoms with E-state index in [1.54, 1.807) is 13.3 Å². The van der Waals surface area contributed by atoms with Gasteiger partial charge in [-0.2, -0.15) is 0 Å². The molecule has 0 amide bonds. The molecule has 0 aliphatic carbocycles. The van der Waals surface area contributed by atoms with E-state index in [4.69, 9.17) is 32.7 Å². The highest BCUT2D eigenvalue weighted by molar-refractivity contribution is 6.32. The number of ether oxygens (including phenoxy) is 2. The zero-order valence-corrected chi connectivity index (χ0v) is 17.5. The van der Waals surface area contributed by atoms with Gasteiger partial charge in [0.1, 0.15) is 6.61 Å². The van der Waals surface area contributed by atoms with Crippen LogP contribution in [0.15, 0.2) is 59.6 Å². The number of aliphatic imine (C=N–C) groups is 1. The molecule has 0 N–H and O–H groups in total. The fourth-order valence-corrected chi connectivity index (χ4v) is 3.24. The van der Waals surface area contributed by atoms with Gasteiger partial charge in [0.05, 0.1) is 17.8 Å². The highest BCUT2D eigenvalue weighted by Crippen LogP contribution is 2.37. The highest BCUT2D eigenvalue weighted by Gasteiger charge is 2.12. The number of aryl methyl sites for hydroxylation is 1. The van der Waals surface area contributed by atoms with Crippen LogP contribution in [0.5, 0.6) is 11.5 Å². The number of methoxy groups -OCH3 is 1. The average molecular weight is 414 g/mol. The Balaban J connectivity index is 1.83. The van der Waals surface area contributed by atoms with Crippen LogP contribution in [0.3, 0.4) is 0 Å². The maximum absolute atomic E-state index is 6.46. The third kappa shape index (κ3) is 4.86. The molecule has 144 valence electrons. The molecule has 0 radical (unpaired) electrons. The first-order valence-corrected chi connectivity index (χ1v) is 9.58. The van der Waals surface area contributed by atoms with Gasteiger partial charge in [-0.1, -0.05) is 47.5 Å². The lowest BCUT2D eigenvalue weighted by Gasteiger charge is -2.13. The Labute approximate surface area is 175 Å². The quantitative estimate of drug-likeness (QED) is 0.409. The summed E-state index contributed by atoms with van der Waals surface area (Å²) in [6.07, 6.45) is 1.77. The Morgan fingerprint density at radius 1 is 1.00 bits per heavy atom. The second-order valence-electron chi connectivity index (χ2n) is 6.43. The maximum Gasteiger partial charge on any atom is 0.180 e. The van der Waals surface area contributed by atoms with Gasteiger partial charge in [0.25, 0.3) is 0 Å². The van der Waals surface area contributed by atoms with Crippen molar-refractivity contribution < 1.29 is 9.47 Å². The second-order valence-corrected chi connectivity index (χ2v) is 7.27. The van der Waals surface area contributed by atoms with E-state index in [0.717, 1.165) is 22.4 Å². The summed E-state index contributed by atoms with van der Waals surface area (Å²) in [4.78, 5) is 4.59. The van der Waals surface area contributed by atoms with E-state index < -0.39 is 0 Å². The summed E-state index contributed by atoms with van der Waals surface area (Å²) in [5, 5.41) is 1.13. The minimum Gasteiger partial charge on any atom is -0.493 e. The first-order chi connectivity index (χ1) is 13.5. The molecule has 0 aliphatic rings. The summed E-state index contributed by atoms with van der Waals surface area (Å²) in [6.45, 7) is 4.47. The van der Waals surface area contributed by atoms with Crippen molar-refractivity contribution in [3.05, 3.63) is 86.9 Å². The Morgan fingerprint density at radius 2 is 1.79 bits per heavy atom. The summed E-state index contributed by atoms with van der Waals surface area (Å²) in [5.74, 6) is 1.05. The van der Waals surface area contributed by atoms with Gasteiger partial charge >= 0.3 is 0 Å². The largest absolute Gasteiger partial charge is 0.493 e. The molecule has 0 fully saturated rings. The van der Waals surface area contributed by atoms with Crippen molar-refractivity contribution in [2.24, 2.45) is 4.99 Å². The average Bonchev–Trinajstić information content (AvgIpc) is 2.68. The van der Waals surface area contributed by atoms with Gasteiger partial charge in [0.15, 0.2) is 11.5 Å². The van der Waals surface area contributed by atoms with Crippen LogP contribution in [0.4, 0.5) is 5.69 Å². The van der Waals surface area contributed by atoms with E-state index >= 15 is 0 Å². The van der Waals surface area contributed by atoms with Crippen LogP contribution in [0.2, 0.25) is 10.0 Å². The van der Waals surface area contributed by atoms with Crippen molar-refractivity contribution in [2.45, 2.75) is 20.5 Å². The third-order valence-corrected chi connectivity index (χ3v) is 4.97. The minimum absolute atomic E-state index is 0.340. The van der Waals surface area contributed by atoms with Crippen molar-refractivity contribution in [1.29, 1.82) is 0 Å². The Morgan fingerprint density at radius 3 is 2.54 bits per heavy atom. The molecule has 5 heteroatoms. The van der Waals surface area contributed by atoms with Crippen LogP contribution in [-0.2, 0) is 6.61 Å². The molecule has 0 aliphatic heterocycles. The van der Waals surface area contributed by atoms with E-state index in [1.165, 1.54) is 5.56 Å². The minimum atomic E-state index is 0.340. The second kappa shape index (κ2) is 9.13. The molecule has 28 heavy (non-hydrogen) atoms. The monoisotopic (exact) mass is 413 g/mol. The van der Waals surface area contributed by atoms with E-state index in [-0.39, 0.29) is 0 Å². The Bertz CT molecular complexity index is 1020. The first kappa shape index (κ1) is 20.2. The predicted molar refractivity (Wildman–Crippen MR) is 117 cm³/mol. The summed E-state index contributed by atoms with van der Waals surface area (Å²) in [5.41, 5.74) is 5.06. The van der Waals surface area contributed by atoms with Crippen LogP contribution in [-0.4, -0.2) is 13.3 Å². The van der Waals surface area contributed by atoms with Gasteiger partial charge in [-0.3, -0.25) is 4.99 Å². The molecule has 0 spiro atoms. The Kier molecular flexibility index (Phi) is 6.61. The molecule has 0 aromatic heterocycles. The van der Waals surface area contributed by atoms with E-state index in [9.17, 15) is 0 Å². The molecule has 3 aromatic rings. The zero-order chi connectivity index (χ0) is 20.1. The fourth-order valence-electron chi connectivity index (χ4n) is 2.76. The predicted octanol–water partition coefficient (Wildman–Crippen LogP) is 6.95. The lowest BCUT2D eigenvalue weighted by Crippen LogP contribution is -1.99. The molecule has 3 nitrogen and oxygen atoms in total. The van der Waals surface area contributed by atoms with Crippen molar-refractivity contribution >= 4 is 35.1 Å². The summed E-state index contributed by atoms with van der Waals surface area (Å²) < 4.78 is 11.4. The van der Waals surface area contributed by atoms with Crippen LogP contribution in [0.25, 0.3) is 0 Å². The normalized spacial score (nSPS) is 11.0. The van der Waals surface area contributed by atoms with Crippen LogP contribution < -0.4 is 9.47 Å². The SMILES string of the molecule is COc1cc(C=Nc2cccc(C)c2C)cc(Cl)c1OCc1cccc(Cl)c1. The number of nitrogens with zero attached hydrogens (tertiary/aromatic N) is 1. The summed E-state index contributed by atoms with van der Waals surface area (Å²) >= 11 is 12.5. The number of halogens is 2. The van der Waals surface area contributed by atoms with E-state index in [0.29, 0.717) is 28.2 Å².